The Balaban J connectivity index is 0.000000299. The van der Waals surface area contributed by atoms with Crippen LogP contribution >= 0.6 is 0 Å². The van der Waals surface area contributed by atoms with Gasteiger partial charge in [0.05, 0.1) is 31.8 Å². The summed E-state index contributed by atoms with van der Waals surface area (Å²) < 4.78 is 10.5. The number of H-pyrrole nitrogens is 2. The Labute approximate surface area is 294 Å². The van der Waals surface area contributed by atoms with E-state index in [0.717, 1.165) is 22.4 Å². The summed E-state index contributed by atoms with van der Waals surface area (Å²) in [5.74, 6) is -0.406. The zero-order valence-corrected chi connectivity index (χ0v) is 28.6. The third kappa shape index (κ3) is 8.86. The van der Waals surface area contributed by atoms with Crippen molar-refractivity contribution in [2.24, 2.45) is 0 Å². The van der Waals surface area contributed by atoms with Crippen molar-refractivity contribution < 1.29 is 29.0 Å². The van der Waals surface area contributed by atoms with Gasteiger partial charge in [-0.15, -0.1) is 0 Å². The van der Waals surface area contributed by atoms with E-state index in [2.05, 4.69) is 31.0 Å². The van der Waals surface area contributed by atoms with Gasteiger partial charge < -0.3 is 25.2 Å². The van der Waals surface area contributed by atoms with E-state index in [1.807, 2.05) is 98.8 Å². The van der Waals surface area contributed by atoms with E-state index in [1.165, 1.54) is 13.3 Å². The van der Waals surface area contributed by atoms with Crippen molar-refractivity contribution in [3.05, 3.63) is 138 Å². The zero-order chi connectivity index (χ0) is 36.4. The molecule has 0 atom stereocenters. The number of aromatic carboxylic acids is 1. The molecule has 5 N–H and O–H groups in total. The van der Waals surface area contributed by atoms with Crippen LogP contribution in [0.1, 0.15) is 50.6 Å². The molecule has 12 heteroatoms. The minimum absolute atomic E-state index is 0.191. The number of carbonyl (C=O) groups excluding carboxylic acids is 2. The second-order valence-electron chi connectivity index (χ2n) is 12.0. The predicted molar refractivity (Wildman–Crippen MR) is 194 cm³/mol. The number of carboxylic acids is 1. The van der Waals surface area contributed by atoms with Gasteiger partial charge in [-0.05, 0) is 42.0 Å². The largest absolute Gasteiger partial charge is 0.493 e. The Kier molecular flexibility index (Phi) is 11.3. The molecule has 51 heavy (non-hydrogen) atoms. The minimum Gasteiger partial charge on any atom is -0.493 e. The number of carboxylic acid groups (broad SMARTS) is 1. The van der Waals surface area contributed by atoms with Crippen molar-refractivity contribution in [2.75, 3.05) is 26.1 Å². The second-order valence-corrected chi connectivity index (χ2v) is 12.0. The van der Waals surface area contributed by atoms with Crippen molar-refractivity contribution in [1.29, 1.82) is 0 Å². The molecule has 0 saturated carbocycles. The molecule has 4 aromatic carbocycles. The Morgan fingerprint density at radius 3 is 2.04 bits per heavy atom. The molecule has 12 nitrogen and oxygen atoms in total. The van der Waals surface area contributed by atoms with Crippen molar-refractivity contribution >= 4 is 23.5 Å². The van der Waals surface area contributed by atoms with E-state index in [-0.39, 0.29) is 22.8 Å². The average molecular weight is 687 g/mol. The molecule has 0 aliphatic rings. The predicted octanol–water partition coefficient (Wildman–Crippen LogP) is 6.83. The van der Waals surface area contributed by atoms with Crippen LogP contribution in [0.25, 0.3) is 22.5 Å². The van der Waals surface area contributed by atoms with Crippen molar-refractivity contribution in [2.45, 2.75) is 19.3 Å². The third-order valence-electron chi connectivity index (χ3n) is 8.09. The van der Waals surface area contributed by atoms with E-state index in [0.29, 0.717) is 40.7 Å². The van der Waals surface area contributed by atoms with Crippen LogP contribution in [0.4, 0.5) is 5.69 Å². The van der Waals surface area contributed by atoms with Crippen LogP contribution in [0.15, 0.2) is 115 Å². The van der Waals surface area contributed by atoms with Crippen LogP contribution in [0.5, 0.6) is 11.5 Å². The number of carbonyl (C=O) groups is 3. The number of methoxy groups -OCH3 is 2. The summed E-state index contributed by atoms with van der Waals surface area (Å²) in [6, 6.07) is 33.3. The lowest BCUT2D eigenvalue weighted by molar-refractivity contribution is 0.0697. The molecule has 0 unspecified atom stereocenters. The normalized spacial score (nSPS) is 10.7. The van der Waals surface area contributed by atoms with E-state index < -0.39 is 5.97 Å². The van der Waals surface area contributed by atoms with Gasteiger partial charge in [0.2, 0.25) is 0 Å². The first-order valence-corrected chi connectivity index (χ1v) is 15.9. The Hall–Kier alpha value is -6.69. The van der Waals surface area contributed by atoms with Gasteiger partial charge in [-0.1, -0.05) is 86.6 Å². The van der Waals surface area contributed by atoms with E-state index in [9.17, 15) is 14.4 Å². The molecule has 2 heterocycles. The number of hydrogen-bond donors (Lipinski definition) is 5. The zero-order valence-electron chi connectivity index (χ0n) is 28.6. The van der Waals surface area contributed by atoms with E-state index in [1.54, 1.807) is 31.4 Å². The van der Waals surface area contributed by atoms with Crippen LogP contribution in [0, 0.1) is 0 Å². The summed E-state index contributed by atoms with van der Waals surface area (Å²) >= 11 is 0. The Morgan fingerprint density at radius 1 is 0.765 bits per heavy atom. The number of hydrogen-bond acceptors (Lipinski definition) is 7. The molecule has 6 aromatic rings. The highest BCUT2D eigenvalue weighted by molar-refractivity contribution is 6.04. The minimum atomic E-state index is -0.974. The third-order valence-corrected chi connectivity index (χ3v) is 8.09. The molecule has 0 saturated heterocycles. The molecular weight excluding hydrogens is 648 g/mol. The van der Waals surface area contributed by atoms with Gasteiger partial charge in [0, 0.05) is 34.3 Å². The number of rotatable bonds is 11. The van der Waals surface area contributed by atoms with Crippen LogP contribution in [0.2, 0.25) is 0 Å². The molecule has 0 spiro atoms. The van der Waals surface area contributed by atoms with Gasteiger partial charge in [0.25, 0.3) is 11.8 Å². The SMILES string of the molecule is COc1ccc(C(=O)Nc2ccc(C(C)(C)CNC(=O)c3cc(-c4ccccc4)n[nH]3)cc2)cc1OC.O=C(O)c1cn[nH]c1-c1ccccc1. The first kappa shape index (κ1) is 35.6. The van der Waals surface area contributed by atoms with Crippen LogP contribution < -0.4 is 20.1 Å². The summed E-state index contributed by atoms with van der Waals surface area (Å²) in [7, 11) is 3.07. The lowest BCUT2D eigenvalue weighted by Crippen LogP contribution is -2.36. The Morgan fingerprint density at radius 2 is 1.41 bits per heavy atom. The number of aromatic nitrogens is 4. The molecule has 0 aliphatic carbocycles. The molecule has 0 aliphatic heterocycles. The standard InChI is InChI=1S/C29H30N4O4.C10H8N2O2/c1-29(2,18-30-28(35)24-17-23(32-33-24)19-8-6-5-7-9-19)21-11-13-22(14-12-21)31-27(34)20-10-15-25(36-3)26(16-20)37-4;13-10(14)8-6-11-12-9(8)7-4-2-1-3-5-7/h5-17H,18H2,1-4H3,(H,30,35)(H,31,34)(H,32,33);1-6H,(H,11,12)(H,13,14). The number of aromatic amines is 2. The number of amides is 2. The average Bonchev–Trinajstić information content (AvgIpc) is 3.86. The molecule has 2 amide bonds. The molecule has 0 radical (unpaired) electrons. The fourth-order valence-electron chi connectivity index (χ4n) is 5.15. The second kappa shape index (κ2) is 16.1. The topological polar surface area (TPSA) is 171 Å². The summed E-state index contributed by atoms with van der Waals surface area (Å²) in [6.45, 7) is 4.52. The highest BCUT2D eigenvalue weighted by Gasteiger charge is 2.23. The van der Waals surface area contributed by atoms with E-state index >= 15 is 0 Å². The number of ether oxygens (including phenoxy) is 2. The quantitative estimate of drug-likeness (QED) is 0.0987. The van der Waals surface area contributed by atoms with Crippen molar-refractivity contribution in [1.82, 2.24) is 25.7 Å². The lowest BCUT2D eigenvalue weighted by atomic mass is 9.84. The molecule has 260 valence electrons. The highest BCUT2D eigenvalue weighted by Crippen LogP contribution is 2.29. The monoisotopic (exact) mass is 686 g/mol. The van der Waals surface area contributed by atoms with E-state index in [4.69, 9.17) is 14.6 Å². The van der Waals surface area contributed by atoms with Crippen LogP contribution in [-0.4, -0.2) is 64.0 Å². The Bertz CT molecular complexity index is 2090. The number of benzene rings is 4. The molecule has 0 fully saturated rings. The smallest absolute Gasteiger partial charge is 0.339 e. The van der Waals surface area contributed by atoms with Gasteiger partial charge in [0.1, 0.15) is 11.3 Å². The van der Waals surface area contributed by atoms with Crippen LogP contribution in [0.3, 0.4) is 0 Å². The maximum Gasteiger partial charge on any atom is 0.339 e. The van der Waals surface area contributed by atoms with Gasteiger partial charge in [-0.3, -0.25) is 19.8 Å². The maximum atomic E-state index is 12.7. The van der Waals surface area contributed by atoms with Gasteiger partial charge in [0.15, 0.2) is 11.5 Å². The fourth-order valence-corrected chi connectivity index (χ4v) is 5.15. The summed E-state index contributed by atoms with van der Waals surface area (Å²) in [4.78, 5) is 36.2. The number of nitrogens with zero attached hydrogens (tertiary/aromatic N) is 2. The van der Waals surface area contributed by atoms with Gasteiger partial charge >= 0.3 is 5.97 Å². The summed E-state index contributed by atoms with van der Waals surface area (Å²) in [5.41, 5.74) is 5.41. The molecule has 6 rings (SSSR count). The lowest BCUT2D eigenvalue weighted by Gasteiger charge is -2.26. The van der Waals surface area contributed by atoms with Crippen molar-refractivity contribution in [3.63, 3.8) is 0 Å². The summed E-state index contributed by atoms with van der Waals surface area (Å²) in [6.07, 6.45) is 1.31. The maximum absolute atomic E-state index is 12.7. The van der Waals surface area contributed by atoms with Gasteiger partial charge in [-0.25, -0.2) is 4.79 Å². The first-order chi connectivity index (χ1) is 24.6. The first-order valence-electron chi connectivity index (χ1n) is 15.9. The fraction of sp³-hybridized carbons (Fsp3) is 0.154. The molecule has 2 aromatic heterocycles. The van der Waals surface area contributed by atoms with Crippen LogP contribution in [-0.2, 0) is 5.41 Å². The number of anilines is 1. The highest BCUT2D eigenvalue weighted by atomic mass is 16.5. The molecular formula is C39H38N6O6. The number of nitrogens with one attached hydrogen (secondary N) is 4. The molecule has 0 bridgehead atoms. The van der Waals surface area contributed by atoms with Gasteiger partial charge in [-0.2, -0.15) is 10.2 Å². The summed E-state index contributed by atoms with van der Waals surface area (Å²) in [5, 5.41) is 28.2. The van der Waals surface area contributed by atoms with Crippen molar-refractivity contribution in [3.8, 4) is 34.0 Å².